The van der Waals surface area contributed by atoms with Crippen molar-refractivity contribution in [3.05, 3.63) is 41.7 Å². The van der Waals surface area contributed by atoms with Crippen LogP contribution in [0.25, 0.3) is 0 Å². The van der Waals surface area contributed by atoms with Gasteiger partial charge in [0.1, 0.15) is 41.9 Å². The van der Waals surface area contributed by atoms with Crippen molar-refractivity contribution in [2.75, 3.05) is 6.61 Å². The van der Waals surface area contributed by atoms with Crippen LogP contribution in [0.1, 0.15) is 23.7 Å². The zero-order chi connectivity index (χ0) is 25.5. The van der Waals surface area contributed by atoms with Gasteiger partial charge in [-0.15, -0.1) is 0 Å². The maximum absolute atomic E-state index is 12.6. The molecule has 12 nitrogen and oxygen atoms in total. The van der Waals surface area contributed by atoms with Gasteiger partial charge in [0, 0.05) is 12.3 Å². The summed E-state index contributed by atoms with van der Waals surface area (Å²) in [5.41, 5.74) is -1.72. The lowest BCUT2D eigenvalue weighted by molar-refractivity contribution is -0.346. The Balaban J connectivity index is 1.55. The van der Waals surface area contributed by atoms with Crippen LogP contribution in [0.4, 0.5) is 0 Å². The van der Waals surface area contributed by atoms with Gasteiger partial charge in [-0.2, -0.15) is 0 Å². The van der Waals surface area contributed by atoms with Crippen molar-refractivity contribution >= 4 is 12.3 Å². The molecule has 0 spiro atoms. The van der Waals surface area contributed by atoms with E-state index in [2.05, 4.69) is 0 Å². The zero-order valence-corrected chi connectivity index (χ0v) is 18.7. The average molecular weight is 496 g/mol. The first-order valence-corrected chi connectivity index (χ1v) is 11.1. The predicted molar refractivity (Wildman–Crippen MR) is 113 cm³/mol. The van der Waals surface area contributed by atoms with E-state index in [1.807, 2.05) is 0 Å². The Hall–Kier alpha value is -2.58. The summed E-state index contributed by atoms with van der Waals surface area (Å²) in [6.07, 6.45) is -8.63. The van der Waals surface area contributed by atoms with Gasteiger partial charge < -0.3 is 49.6 Å². The SMILES string of the molecule is C[C@@H]1[C@H]2[C@H](O[C@@H]3O[C@H](CO)[C@@H](O)[C@@H](O)[C@@H]3O)OC=C(C=O)[C@@]2(O)C[C@@H]1OC(=O)c1ccc(O)cc1. The van der Waals surface area contributed by atoms with Gasteiger partial charge in [0.15, 0.2) is 12.6 Å². The zero-order valence-electron chi connectivity index (χ0n) is 18.7. The van der Waals surface area contributed by atoms with Crippen LogP contribution in [0.2, 0.25) is 0 Å². The van der Waals surface area contributed by atoms with E-state index < -0.39 is 73.1 Å². The maximum Gasteiger partial charge on any atom is 0.338 e. The fraction of sp³-hybridized carbons (Fsp3) is 0.565. The van der Waals surface area contributed by atoms with Crippen molar-refractivity contribution < 1.29 is 59.2 Å². The van der Waals surface area contributed by atoms with Gasteiger partial charge in [0.25, 0.3) is 0 Å². The fourth-order valence-corrected chi connectivity index (χ4v) is 4.92. The average Bonchev–Trinajstić information content (AvgIpc) is 3.10. The fourth-order valence-electron chi connectivity index (χ4n) is 4.92. The molecular weight excluding hydrogens is 468 g/mol. The lowest BCUT2D eigenvalue weighted by Crippen LogP contribution is -2.61. The summed E-state index contributed by atoms with van der Waals surface area (Å²) in [4.78, 5) is 24.3. The molecule has 1 saturated heterocycles. The number of hydrogen-bond donors (Lipinski definition) is 6. The predicted octanol–water partition coefficient (Wildman–Crippen LogP) is -1.44. The molecule has 2 fully saturated rings. The minimum Gasteiger partial charge on any atom is -0.508 e. The molecule has 1 aromatic rings. The molecule has 1 aromatic carbocycles. The largest absolute Gasteiger partial charge is 0.508 e. The van der Waals surface area contributed by atoms with Crippen molar-refractivity contribution in [2.24, 2.45) is 11.8 Å². The minimum atomic E-state index is -1.81. The highest BCUT2D eigenvalue weighted by Gasteiger charge is 2.61. The highest BCUT2D eigenvalue weighted by atomic mass is 16.8. The summed E-state index contributed by atoms with van der Waals surface area (Å²) in [6.45, 7) is 1.00. The van der Waals surface area contributed by atoms with E-state index in [1.54, 1.807) is 6.92 Å². The molecule has 12 heteroatoms. The molecule has 35 heavy (non-hydrogen) atoms. The second-order valence-electron chi connectivity index (χ2n) is 9.03. The lowest BCUT2D eigenvalue weighted by atomic mass is 9.79. The van der Waals surface area contributed by atoms with E-state index >= 15 is 0 Å². The number of aliphatic hydroxyl groups excluding tert-OH is 4. The molecule has 10 atom stereocenters. The molecular formula is C23H28O12. The number of carbonyl (C=O) groups is 2. The van der Waals surface area contributed by atoms with E-state index in [-0.39, 0.29) is 23.3 Å². The molecule has 1 aliphatic carbocycles. The summed E-state index contributed by atoms with van der Waals surface area (Å²) >= 11 is 0. The van der Waals surface area contributed by atoms with Crippen LogP contribution in [-0.2, 0) is 23.7 Å². The third kappa shape index (κ3) is 4.54. The van der Waals surface area contributed by atoms with Gasteiger partial charge >= 0.3 is 5.97 Å². The van der Waals surface area contributed by atoms with Gasteiger partial charge in [-0.25, -0.2) is 4.79 Å². The van der Waals surface area contributed by atoms with Crippen LogP contribution in [0.15, 0.2) is 36.1 Å². The summed E-state index contributed by atoms with van der Waals surface area (Å²) in [5.74, 6) is -2.30. The van der Waals surface area contributed by atoms with Gasteiger partial charge in [-0.3, -0.25) is 4.79 Å². The molecule has 2 heterocycles. The normalized spacial score (nSPS) is 40.9. The number of benzene rings is 1. The summed E-state index contributed by atoms with van der Waals surface area (Å²) in [5, 5.41) is 60.6. The van der Waals surface area contributed by atoms with Crippen LogP contribution in [0.3, 0.4) is 0 Å². The standard InChI is InChI=1S/C23H28O12/c1-10-14(33-20(30)11-2-4-13(26)5-3-11)6-23(31)12(7-24)9-32-21(16(10)23)35-22-19(29)18(28)17(27)15(8-25)34-22/h2-5,7,9-10,14-19,21-22,25-29,31H,6,8H2,1H3/t10-,14-,15+,16-,17+,18+,19-,21-,22-,23-/m0/s1. The number of carbonyl (C=O) groups excluding carboxylic acids is 2. The highest BCUT2D eigenvalue weighted by Crippen LogP contribution is 2.51. The van der Waals surface area contributed by atoms with Gasteiger partial charge in [0.2, 0.25) is 6.29 Å². The molecule has 0 amide bonds. The Labute approximate surface area is 199 Å². The van der Waals surface area contributed by atoms with Gasteiger partial charge in [-0.1, -0.05) is 6.92 Å². The van der Waals surface area contributed by atoms with E-state index in [1.165, 1.54) is 24.3 Å². The number of ether oxygens (including phenoxy) is 4. The molecule has 6 N–H and O–H groups in total. The topological polar surface area (TPSA) is 192 Å². The van der Waals surface area contributed by atoms with Crippen molar-refractivity contribution in [1.82, 2.24) is 0 Å². The van der Waals surface area contributed by atoms with Crippen molar-refractivity contribution in [2.45, 2.75) is 62.0 Å². The number of aldehydes is 1. The molecule has 0 unspecified atom stereocenters. The quantitative estimate of drug-likeness (QED) is 0.199. The Bertz CT molecular complexity index is 962. The first-order chi connectivity index (χ1) is 16.6. The number of fused-ring (bicyclic) bond motifs is 1. The van der Waals surface area contributed by atoms with Crippen LogP contribution >= 0.6 is 0 Å². The van der Waals surface area contributed by atoms with Crippen molar-refractivity contribution in [3.8, 4) is 5.75 Å². The second kappa shape index (κ2) is 9.82. The Kier molecular flexibility index (Phi) is 7.16. The van der Waals surface area contributed by atoms with Crippen molar-refractivity contribution in [1.29, 1.82) is 0 Å². The highest BCUT2D eigenvalue weighted by molar-refractivity contribution is 5.89. The number of aliphatic hydroxyl groups is 5. The number of hydrogen-bond acceptors (Lipinski definition) is 12. The monoisotopic (exact) mass is 496 g/mol. The number of phenols is 1. The summed E-state index contributed by atoms with van der Waals surface area (Å²) < 4.78 is 22.2. The Morgan fingerprint density at radius 2 is 1.83 bits per heavy atom. The third-order valence-corrected chi connectivity index (χ3v) is 6.94. The first kappa shape index (κ1) is 25.5. The van der Waals surface area contributed by atoms with Crippen molar-refractivity contribution in [3.63, 3.8) is 0 Å². The number of rotatable bonds is 6. The van der Waals surface area contributed by atoms with Crippen LogP contribution in [-0.4, -0.2) is 98.2 Å². The molecule has 0 bridgehead atoms. The molecule has 192 valence electrons. The first-order valence-electron chi connectivity index (χ1n) is 11.1. The molecule has 4 rings (SSSR count). The number of esters is 1. The molecule has 1 saturated carbocycles. The van der Waals surface area contributed by atoms with E-state index in [4.69, 9.17) is 18.9 Å². The Morgan fingerprint density at radius 3 is 2.46 bits per heavy atom. The van der Waals surface area contributed by atoms with E-state index in [9.17, 15) is 40.2 Å². The van der Waals surface area contributed by atoms with E-state index in [0.717, 1.165) is 6.26 Å². The molecule has 3 aliphatic rings. The van der Waals surface area contributed by atoms with Crippen LogP contribution in [0, 0.1) is 11.8 Å². The minimum absolute atomic E-state index is 0.0257. The number of phenolic OH excluding ortho intramolecular Hbond substituents is 1. The Morgan fingerprint density at radius 1 is 1.14 bits per heavy atom. The summed E-state index contributed by atoms with van der Waals surface area (Å²) in [6, 6.07) is 5.41. The second-order valence-corrected chi connectivity index (χ2v) is 9.03. The third-order valence-electron chi connectivity index (χ3n) is 6.94. The van der Waals surface area contributed by atoms with Gasteiger partial charge in [-0.05, 0) is 24.3 Å². The van der Waals surface area contributed by atoms with E-state index in [0.29, 0.717) is 6.29 Å². The lowest BCUT2D eigenvalue weighted by Gasteiger charge is -2.44. The van der Waals surface area contributed by atoms with Gasteiger partial charge in [0.05, 0.1) is 29.9 Å². The summed E-state index contributed by atoms with van der Waals surface area (Å²) in [7, 11) is 0. The molecule has 0 aromatic heterocycles. The molecule has 2 aliphatic heterocycles. The smallest absolute Gasteiger partial charge is 0.338 e. The number of aromatic hydroxyl groups is 1. The molecule has 0 radical (unpaired) electrons. The van der Waals surface area contributed by atoms with Crippen LogP contribution in [0.5, 0.6) is 5.75 Å². The van der Waals surface area contributed by atoms with Crippen LogP contribution < -0.4 is 0 Å². The maximum atomic E-state index is 12.6.